The summed E-state index contributed by atoms with van der Waals surface area (Å²) >= 11 is 1.46. The van der Waals surface area contributed by atoms with Crippen molar-refractivity contribution in [1.82, 2.24) is 25.1 Å². The highest BCUT2D eigenvalue weighted by atomic mass is 32.1. The van der Waals surface area contributed by atoms with Crippen LogP contribution in [0, 0.1) is 0 Å². The highest BCUT2D eigenvalue weighted by Gasteiger charge is 2.15. The number of thiazole rings is 1. The summed E-state index contributed by atoms with van der Waals surface area (Å²) in [6.45, 7) is 1.87. The van der Waals surface area contributed by atoms with Crippen LogP contribution in [-0.2, 0) is 0 Å². The maximum absolute atomic E-state index is 5.76. The summed E-state index contributed by atoms with van der Waals surface area (Å²) < 4.78 is 5.16. The van der Waals surface area contributed by atoms with Gasteiger partial charge >= 0.3 is 0 Å². The number of hydrogen-bond donors (Lipinski definition) is 1. The van der Waals surface area contributed by atoms with Gasteiger partial charge in [0.1, 0.15) is 10.7 Å². The molecule has 1 unspecified atom stereocenters. The predicted molar refractivity (Wildman–Crippen MR) is 69.0 cm³/mol. The van der Waals surface area contributed by atoms with Crippen LogP contribution in [0.25, 0.3) is 23.2 Å². The Balaban J connectivity index is 1.92. The molecule has 0 saturated carbocycles. The number of aromatic nitrogens is 5. The Labute approximate surface area is 112 Å². The molecule has 0 spiro atoms. The van der Waals surface area contributed by atoms with Crippen LogP contribution in [0.4, 0.5) is 0 Å². The monoisotopic (exact) mass is 274 g/mol. The lowest BCUT2D eigenvalue weighted by molar-refractivity contribution is 0.430. The van der Waals surface area contributed by atoms with E-state index in [9.17, 15) is 0 Å². The zero-order chi connectivity index (χ0) is 13.2. The minimum atomic E-state index is -0.112. The fraction of sp³-hybridized carbons (Fsp3) is 0.182. The number of nitrogens with two attached hydrogens (primary N) is 1. The van der Waals surface area contributed by atoms with Gasteiger partial charge in [0, 0.05) is 17.8 Å². The van der Waals surface area contributed by atoms with E-state index in [0.717, 1.165) is 5.01 Å². The van der Waals surface area contributed by atoms with Gasteiger partial charge in [-0.2, -0.15) is 4.98 Å². The Morgan fingerprint density at radius 2 is 2.00 bits per heavy atom. The molecule has 96 valence electrons. The van der Waals surface area contributed by atoms with Crippen LogP contribution in [-0.4, -0.2) is 25.1 Å². The summed E-state index contributed by atoms with van der Waals surface area (Å²) in [5, 5.41) is 6.50. The second-order valence-electron chi connectivity index (χ2n) is 3.86. The zero-order valence-electron chi connectivity index (χ0n) is 10.0. The molecule has 0 aliphatic heterocycles. The lowest BCUT2D eigenvalue weighted by Crippen LogP contribution is -2.03. The van der Waals surface area contributed by atoms with Gasteiger partial charge < -0.3 is 10.3 Å². The van der Waals surface area contributed by atoms with Crippen molar-refractivity contribution in [2.75, 3.05) is 0 Å². The molecule has 0 radical (unpaired) electrons. The maximum Gasteiger partial charge on any atom is 0.277 e. The van der Waals surface area contributed by atoms with E-state index in [-0.39, 0.29) is 6.04 Å². The van der Waals surface area contributed by atoms with Gasteiger partial charge in [0.05, 0.1) is 6.04 Å². The molecule has 3 aromatic rings. The van der Waals surface area contributed by atoms with Crippen LogP contribution in [0.1, 0.15) is 18.0 Å². The second-order valence-corrected chi connectivity index (χ2v) is 4.74. The van der Waals surface area contributed by atoms with Crippen molar-refractivity contribution >= 4 is 11.3 Å². The predicted octanol–water partition coefficient (Wildman–Crippen LogP) is 1.67. The molecule has 7 nitrogen and oxygen atoms in total. The number of hydrogen-bond acceptors (Lipinski definition) is 8. The van der Waals surface area contributed by atoms with Crippen LogP contribution < -0.4 is 5.73 Å². The van der Waals surface area contributed by atoms with E-state index >= 15 is 0 Å². The lowest BCUT2D eigenvalue weighted by atomic mass is 10.4. The van der Waals surface area contributed by atoms with Gasteiger partial charge in [-0.3, -0.25) is 0 Å². The van der Waals surface area contributed by atoms with Gasteiger partial charge in [0.25, 0.3) is 5.89 Å². The number of rotatable bonds is 3. The average Bonchev–Trinajstić information content (AvgIpc) is 3.09. The van der Waals surface area contributed by atoms with E-state index < -0.39 is 0 Å². The van der Waals surface area contributed by atoms with Crippen LogP contribution in [0.3, 0.4) is 0 Å². The van der Waals surface area contributed by atoms with E-state index in [2.05, 4.69) is 25.1 Å². The summed E-state index contributed by atoms with van der Waals surface area (Å²) in [5.74, 6) is 1.09. The normalized spacial score (nSPS) is 12.5. The fourth-order valence-electron chi connectivity index (χ4n) is 1.43. The van der Waals surface area contributed by atoms with Crippen molar-refractivity contribution in [2.45, 2.75) is 13.0 Å². The quantitative estimate of drug-likeness (QED) is 0.774. The first kappa shape index (κ1) is 11.9. The molecular weight excluding hydrogens is 264 g/mol. The lowest BCUT2D eigenvalue weighted by Gasteiger charge is -1.95. The topological polar surface area (TPSA) is 104 Å². The Morgan fingerprint density at radius 3 is 2.68 bits per heavy atom. The summed E-state index contributed by atoms with van der Waals surface area (Å²) in [7, 11) is 0. The first-order chi connectivity index (χ1) is 9.24. The SMILES string of the molecule is CC(N)c1nc(-c2nc(-c3ncccn3)no2)cs1. The average molecular weight is 274 g/mol. The third-order valence-electron chi connectivity index (χ3n) is 2.32. The molecule has 1 atom stereocenters. The number of nitrogens with zero attached hydrogens (tertiary/aromatic N) is 5. The van der Waals surface area contributed by atoms with Crippen molar-refractivity contribution in [3.05, 3.63) is 28.8 Å². The Hall–Kier alpha value is -2.19. The molecule has 3 aromatic heterocycles. The van der Waals surface area contributed by atoms with Crippen LogP contribution >= 0.6 is 11.3 Å². The minimum Gasteiger partial charge on any atom is -0.332 e. The molecule has 0 aromatic carbocycles. The van der Waals surface area contributed by atoms with E-state index in [1.54, 1.807) is 18.5 Å². The van der Waals surface area contributed by atoms with Crippen LogP contribution in [0.5, 0.6) is 0 Å². The first-order valence-electron chi connectivity index (χ1n) is 5.56. The van der Waals surface area contributed by atoms with Gasteiger partial charge in [-0.25, -0.2) is 15.0 Å². The molecule has 3 rings (SSSR count). The standard InChI is InChI=1S/C11H10N6OS/c1-6(12)11-15-7(5-19-11)10-16-9(17-18-10)8-13-3-2-4-14-8/h2-6H,12H2,1H3. The van der Waals surface area contributed by atoms with E-state index in [4.69, 9.17) is 10.3 Å². The molecule has 0 saturated heterocycles. The minimum absolute atomic E-state index is 0.112. The van der Waals surface area contributed by atoms with Crippen molar-refractivity contribution in [3.63, 3.8) is 0 Å². The highest BCUT2D eigenvalue weighted by Crippen LogP contribution is 2.24. The molecule has 19 heavy (non-hydrogen) atoms. The van der Waals surface area contributed by atoms with Gasteiger partial charge in [-0.05, 0) is 13.0 Å². The molecule has 0 fully saturated rings. The molecule has 2 N–H and O–H groups in total. The van der Waals surface area contributed by atoms with Gasteiger partial charge in [0.15, 0.2) is 0 Å². The van der Waals surface area contributed by atoms with Gasteiger partial charge in [-0.1, -0.05) is 5.16 Å². The summed E-state index contributed by atoms with van der Waals surface area (Å²) in [5.41, 5.74) is 6.38. The second kappa shape index (κ2) is 4.82. The highest BCUT2D eigenvalue weighted by molar-refractivity contribution is 7.10. The Morgan fingerprint density at radius 1 is 1.21 bits per heavy atom. The Bertz CT molecular complexity index is 677. The van der Waals surface area contributed by atoms with E-state index in [0.29, 0.717) is 23.2 Å². The van der Waals surface area contributed by atoms with Crippen LogP contribution in [0.2, 0.25) is 0 Å². The smallest absolute Gasteiger partial charge is 0.277 e. The van der Waals surface area contributed by atoms with Crippen molar-refractivity contribution < 1.29 is 4.52 Å². The maximum atomic E-state index is 5.76. The summed E-state index contributed by atoms with van der Waals surface area (Å²) in [4.78, 5) is 16.7. The van der Waals surface area contributed by atoms with E-state index in [1.165, 1.54) is 11.3 Å². The van der Waals surface area contributed by atoms with Gasteiger partial charge in [0.2, 0.25) is 11.6 Å². The molecule has 0 aliphatic rings. The van der Waals surface area contributed by atoms with Crippen molar-refractivity contribution in [3.8, 4) is 23.2 Å². The van der Waals surface area contributed by atoms with Crippen molar-refractivity contribution in [1.29, 1.82) is 0 Å². The largest absolute Gasteiger partial charge is 0.332 e. The molecule has 3 heterocycles. The summed E-state index contributed by atoms with van der Waals surface area (Å²) in [6.07, 6.45) is 3.24. The third-order valence-corrected chi connectivity index (χ3v) is 3.37. The molecule has 0 bridgehead atoms. The summed E-state index contributed by atoms with van der Waals surface area (Å²) in [6, 6.07) is 1.61. The first-order valence-corrected chi connectivity index (χ1v) is 6.44. The fourth-order valence-corrected chi connectivity index (χ4v) is 2.18. The molecule has 0 aliphatic carbocycles. The van der Waals surface area contributed by atoms with Crippen LogP contribution in [0.15, 0.2) is 28.4 Å². The van der Waals surface area contributed by atoms with Crippen molar-refractivity contribution in [2.24, 2.45) is 5.73 Å². The molecule has 0 amide bonds. The zero-order valence-corrected chi connectivity index (χ0v) is 10.8. The van der Waals surface area contributed by atoms with E-state index in [1.807, 2.05) is 12.3 Å². The Kier molecular flexibility index (Phi) is 3.02. The molecule has 8 heteroatoms. The van der Waals surface area contributed by atoms with Gasteiger partial charge in [-0.15, -0.1) is 11.3 Å². The molecular formula is C11H10N6OS. The third kappa shape index (κ3) is 2.35.